The normalized spacial score (nSPS) is 12.5. The maximum absolute atomic E-state index is 12.6. The molecule has 0 aliphatic heterocycles. The minimum atomic E-state index is -3.91. The summed E-state index contributed by atoms with van der Waals surface area (Å²) in [5.41, 5.74) is 2.37. The van der Waals surface area contributed by atoms with E-state index in [4.69, 9.17) is 11.6 Å². The third-order valence-electron chi connectivity index (χ3n) is 3.90. The maximum Gasteiger partial charge on any atom is 0.244 e. The van der Waals surface area contributed by atoms with Gasteiger partial charge >= 0.3 is 0 Å². The van der Waals surface area contributed by atoms with Gasteiger partial charge in [-0.15, -0.1) is 0 Å². The molecule has 0 radical (unpaired) electrons. The zero-order chi connectivity index (χ0) is 18.6. The summed E-state index contributed by atoms with van der Waals surface area (Å²) in [6.07, 6.45) is 0. The number of nitrogens with one attached hydrogen (secondary N) is 1. The molecule has 0 saturated carbocycles. The van der Waals surface area contributed by atoms with Crippen LogP contribution in [0, 0.1) is 0 Å². The molecule has 132 valence electrons. The number of sulfonamides is 1. The molecular formula is C20H16ClNO3S. The van der Waals surface area contributed by atoms with Crippen molar-refractivity contribution < 1.29 is 13.2 Å². The van der Waals surface area contributed by atoms with E-state index in [2.05, 4.69) is 4.72 Å². The van der Waals surface area contributed by atoms with Gasteiger partial charge in [-0.05, 0) is 40.4 Å². The van der Waals surface area contributed by atoms with Crippen molar-refractivity contribution in [2.45, 2.75) is 10.9 Å². The molecule has 4 nitrogen and oxygen atoms in total. The van der Waals surface area contributed by atoms with Crippen LogP contribution in [0.15, 0.2) is 89.8 Å². The Morgan fingerprint density at radius 1 is 0.769 bits per heavy atom. The Hall–Kier alpha value is -2.47. The number of hydrogen-bond donors (Lipinski definition) is 1. The predicted molar refractivity (Wildman–Crippen MR) is 102 cm³/mol. The van der Waals surface area contributed by atoms with Crippen LogP contribution in [0.4, 0.5) is 0 Å². The fraction of sp³-hybridized carbons (Fsp3) is 0.0500. The van der Waals surface area contributed by atoms with Crippen LogP contribution in [0.5, 0.6) is 0 Å². The quantitative estimate of drug-likeness (QED) is 0.648. The van der Waals surface area contributed by atoms with Crippen molar-refractivity contribution in [2.75, 3.05) is 0 Å². The first-order chi connectivity index (χ1) is 12.5. The van der Waals surface area contributed by atoms with E-state index in [-0.39, 0.29) is 4.90 Å². The molecule has 0 aliphatic carbocycles. The van der Waals surface area contributed by atoms with Gasteiger partial charge in [0.05, 0.1) is 4.90 Å². The van der Waals surface area contributed by atoms with Gasteiger partial charge in [-0.3, -0.25) is 4.79 Å². The van der Waals surface area contributed by atoms with Gasteiger partial charge in [-0.1, -0.05) is 72.8 Å². The molecule has 0 spiro atoms. The topological polar surface area (TPSA) is 63.2 Å². The molecule has 1 N–H and O–H groups in total. The number of hydrogen-bond acceptors (Lipinski definition) is 3. The Morgan fingerprint density at radius 3 is 1.81 bits per heavy atom. The molecule has 0 aliphatic rings. The fourth-order valence-corrected chi connectivity index (χ4v) is 4.00. The van der Waals surface area contributed by atoms with E-state index in [9.17, 15) is 13.2 Å². The van der Waals surface area contributed by atoms with Crippen molar-refractivity contribution in [1.29, 1.82) is 0 Å². The zero-order valence-corrected chi connectivity index (χ0v) is 15.2. The first kappa shape index (κ1) is 18.3. The SMILES string of the molecule is O=C(Cl)[C@H](NS(=O)(=O)c1ccc(-c2ccccc2)cc1)c1ccccc1. The summed E-state index contributed by atoms with van der Waals surface area (Å²) in [5.74, 6) is 0. The van der Waals surface area contributed by atoms with E-state index in [1.165, 1.54) is 12.1 Å². The van der Waals surface area contributed by atoms with Crippen LogP contribution < -0.4 is 4.72 Å². The van der Waals surface area contributed by atoms with Crippen LogP contribution in [-0.4, -0.2) is 13.7 Å². The summed E-state index contributed by atoms with van der Waals surface area (Å²) in [5, 5.41) is -0.791. The Bertz CT molecular complexity index is 988. The number of halogens is 1. The van der Waals surface area contributed by atoms with E-state index in [0.717, 1.165) is 11.1 Å². The monoisotopic (exact) mass is 385 g/mol. The van der Waals surface area contributed by atoms with E-state index in [1.54, 1.807) is 42.5 Å². The molecule has 0 unspecified atom stereocenters. The van der Waals surface area contributed by atoms with Gasteiger partial charge in [-0.25, -0.2) is 8.42 Å². The molecule has 0 heterocycles. The van der Waals surface area contributed by atoms with Crippen molar-refractivity contribution in [1.82, 2.24) is 4.72 Å². The van der Waals surface area contributed by atoms with Gasteiger partial charge in [0.2, 0.25) is 15.3 Å². The lowest BCUT2D eigenvalue weighted by molar-refractivity contribution is -0.113. The molecule has 3 rings (SSSR count). The van der Waals surface area contributed by atoms with Crippen LogP contribution in [0.3, 0.4) is 0 Å². The van der Waals surface area contributed by atoms with Crippen molar-refractivity contribution in [3.05, 3.63) is 90.5 Å². The first-order valence-corrected chi connectivity index (χ1v) is 9.75. The molecular weight excluding hydrogens is 370 g/mol. The maximum atomic E-state index is 12.6. The summed E-state index contributed by atoms with van der Waals surface area (Å²) in [4.78, 5) is 11.8. The second-order valence-electron chi connectivity index (χ2n) is 5.66. The summed E-state index contributed by atoms with van der Waals surface area (Å²) in [7, 11) is -3.91. The second kappa shape index (κ2) is 7.83. The number of rotatable bonds is 6. The van der Waals surface area contributed by atoms with Crippen molar-refractivity contribution in [3.8, 4) is 11.1 Å². The van der Waals surface area contributed by atoms with E-state index < -0.39 is 21.3 Å². The van der Waals surface area contributed by atoms with E-state index in [1.807, 2.05) is 30.3 Å². The van der Waals surface area contributed by atoms with Crippen molar-refractivity contribution >= 4 is 26.9 Å². The summed E-state index contributed by atoms with van der Waals surface area (Å²) < 4.78 is 27.7. The van der Waals surface area contributed by atoms with Gasteiger partial charge in [-0.2, -0.15) is 4.72 Å². The fourth-order valence-electron chi connectivity index (χ4n) is 2.57. The smallest absolute Gasteiger partial charge is 0.244 e. The first-order valence-electron chi connectivity index (χ1n) is 7.89. The third kappa shape index (κ3) is 4.19. The Labute approximate surface area is 157 Å². The molecule has 0 aromatic heterocycles. The van der Waals surface area contributed by atoms with E-state index in [0.29, 0.717) is 5.56 Å². The van der Waals surface area contributed by atoms with Crippen LogP contribution in [0.1, 0.15) is 11.6 Å². The van der Waals surface area contributed by atoms with Gasteiger partial charge < -0.3 is 0 Å². The molecule has 1 atom stereocenters. The van der Waals surface area contributed by atoms with Crippen LogP contribution in [0.25, 0.3) is 11.1 Å². The van der Waals surface area contributed by atoms with Crippen LogP contribution in [0.2, 0.25) is 0 Å². The highest BCUT2D eigenvalue weighted by molar-refractivity contribution is 7.89. The summed E-state index contributed by atoms with van der Waals surface area (Å²) >= 11 is 5.61. The largest absolute Gasteiger partial charge is 0.279 e. The minimum Gasteiger partial charge on any atom is -0.279 e. The number of carbonyl (C=O) groups is 1. The Morgan fingerprint density at radius 2 is 1.27 bits per heavy atom. The number of carbonyl (C=O) groups excluding carboxylic acids is 1. The third-order valence-corrected chi connectivity index (χ3v) is 5.56. The highest BCUT2D eigenvalue weighted by Gasteiger charge is 2.26. The van der Waals surface area contributed by atoms with Gasteiger partial charge in [0.25, 0.3) is 0 Å². The second-order valence-corrected chi connectivity index (χ2v) is 7.75. The van der Waals surface area contributed by atoms with E-state index >= 15 is 0 Å². The van der Waals surface area contributed by atoms with Gasteiger partial charge in [0.15, 0.2) is 0 Å². The minimum absolute atomic E-state index is 0.0658. The van der Waals surface area contributed by atoms with Gasteiger partial charge in [0.1, 0.15) is 6.04 Å². The Balaban J connectivity index is 1.86. The van der Waals surface area contributed by atoms with Crippen LogP contribution >= 0.6 is 11.6 Å². The molecule has 0 amide bonds. The standard InChI is InChI=1S/C20H16ClNO3S/c21-20(23)19(17-9-5-2-6-10-17)22-26(24,25)18-13-11-16(12-14-18)15-7-3-1-4-8-15/h1-14,19,22H/t19-/m1/s1. The Kier molecular flexibility index (Phi) is 5.52. The molecule has 0 fully saturated rings. The molecule has 0 saturated heterocycles. The summed E-state index contributed by atoms with van der Waals surface area (Å²) in [6, 6.07) is 23.4. The number of benzene rings is 3. The highest BCUT2D eigenvalue weighted by atomic mass is 35.5. The zero-order valence-electron chi connectivity index (χ0n) is 13.7. The highest BCUT2D eigenvalue weighted by Crippen LogP contribution is 2.23. The lowest BCUT2D eigenvalue weighted by Gasteiger charge is -2.15. The van der Waals surface area contributed by atoms with Crippen LogP contribution in [-0.2, 0) is 14.8 Å². The average molecular weight is 386 g/mol. The molecule has 3 aromatic rings. The lowest BCUT2D eigenvalue weighted by Crippen LogP contribution is -2.32. The molecule has 3 aromatic carbocycles. The molecule has 0 bridgehead atoms. The lowest BCUT2D eigenvalue weighted by atomic mass is 10.1. The summed E-state index contributed by atoms with van der Waals surface area (Å²) in [6.45, 7) is 0. The molecule has 6 heteroatoms. The van der Waals surface area contributed by atoms with Crippen molar-refractivity contribution in [2.24, 2.45) is 0 Å². The van der Waals surface area contributed by atoms with Crippen molar-refractivity contribution in [3.63, 3.8) is 0 Å². The molecule has 26 heavy (non-hydrogen) atoms. The van der Waals surface area contributed by atoms with Gasteiger partial charge in [0, 0.05) is 0 Å². The predicted octanol–water partition coefficient (Wildman–Crippen LogP) is 4.14. The average Bonchev–Trinajstić information content (AvgIpc) is 2.67.